The van der Waals surface area contributed by atoms with E-state index in [1.807, 2.05) is 17.7 Å². The number of hydrogen-bond acceptors (Lipinski definition) is 5. The van der Waals surface area contributed by atoms with Crippen LogP contribution in [0, 0.1) is 24.1 Å². The first-order valence-corrected chi connectivity index (χ1v) is 12.0. The van der Waals surface area contributed by atoms with Gasteiger partial charge >= 0.3 is 0 Å². The van der Waals surface area contributed by atoms with Gasteiger partial charge in [0.15, 0.2) is 0 Å². The van der Waals surface area contributed by atoms with Gasteiger partial charge in [0.1, 0.15) is 11.5 Å². The standard InChI is InChI=1S/C24H19FN4O4S/c1-14-5-8-20-18(10-14)21(17-4-3-9-27-23(17)30)22(24(31)28-34(2,32)33)29(20)13-16-11-15(12-26)6-7-19(16)25/h3-11H,13H2,1-2H3,(H,27,30)(H,28,31). The monoisotopic (exact) mass is 478 g/mol. The predicted octanol–water partition coefficient (Wildman–Crippen LogP) is 3.05. The summed E-state index contributed by atoms with van der Waals surface area (Å²) in [5.41, 5.74) is 1.46. The Morgan fingerprint density at radius 3 is 2.65 bits per heavy atom. The van der Waals surface area contributed by atoms with Gasteiger partial charge in [0, 0.05) is 33.8 Å². The summed E-state index contributed by atoms with van der Waals surface area (Å²) in [6, 6.07) is 14.2. The van der Waals surface area contributed by atoms with Crippen LogP contribution in [0.25, 0.3) is 22.0 Å². The number of pyridine rings is 1. The van der Waals surface area contributed by atoms with Gasteiger partial charge in [-0.15, -0.1) is 0 Å². The number of rotatable bonds is 5. The number of nitrogens with zero attached hydrogens (tertiary/aromatic N) is 2. The van der Waals surface area contributed by atoms with Crippen LogP contribution in [0.1, 0.15) is 27.2 Å². The Labute approximate surface area is 194 Å². The molecule has 0 aliphatic rings. The minimum absolute atomic E-state index is 0.121. The minimum atomic E-state index is -3.95. The van der Waals surface area contributed by atoms with E-state index in [0.717, 1.165) is 17.9 Å². The second-order valence-corrected chi connectivity index (χ2v) is 9.61. The number of H-pyrrole nitrogens is 1. The summed E-state index contributed by atoms with van der Waals surface area (Å²) >= 11 is 0. The molecular formula is C24H19FN4O4S. The van der Waals surface area contributed by atoms with Crippen molar-refractivity contribution >= 4 is 26.8 Å². The summed E-state index contributed by atoms with van der Waals surface area (Å²) in [4.78, 5) is 28.5. The van der Waals surface area contributed by atoms with Crippen molar-refractivity contribution in [2.45, 2.75) is 13.5 Å². The fourth-order valence-corrected chi connectivity index (χ4v) is 4.35. The Hall–Kier alpha value is -4.23. The molecular weight excluding hydrogens is 459 g/mol. The average molecular weight is 479 g/mol. The summed E-state index contributed by atoms with van der Waals surface area (Å²) in [5.74, 6) is -1.56. The lowest BCUT2D eigenvalue weighted by Crippen LogP contribution is -2.32. The van der Waals surface area contributed by atoms with E-state index in [1.165, 1.54) is 29.0 Å². The van der Waals surface area contributed by atoms with E-state index >= 15 is 0 Å². The molecule has 0 fully saturated rings. The number of aromatic amines is 1. The molecule has 0 saturated heterocycles. The molecule has 2 aromatic heterocycles. The maximum absolute atomic E-state index is 14.7. The van der Waals surface area contributed by atoms with E-state index in [2.05, 4.69) is 4.98 Å². The quantitative estimate of drug-likeness (QED) is 0.456. The molecule has 0 spiro atoms. The Kier molecular flexibility index (Phi) is 5.81. The summed E-state index contributed by atoms with van der Waals surface area (Å²) in [7, 11) is -3.95. The summed E-state index contributed by atoms with van der Waals surface area (Å²) < 4.78 is 41.9. The molecule has 4 aromatic rings. The van der Waals surface area contributed by atoms with Crippen LogP contribution in [-0.4, -0.2) is 30.1 Å². The van der Waals surface area contributed by atoms with Gasteiger partial charge in [-0.05, 0) is 49.4 Å². The van der Waals surface area contributed by atoms with Crippen LogP contribution in [-0.2, 0) is 16.6 Å². The van der Waals surface area contributed by atoms with Crippen molar-refractivity contribution in [2.75, 3.05) is 6.26 Å². The molecule has 0 radical (unpaired) electrons. The molecule has 0 aliphatic heterocycles. The predicted molar refractivity (Wildman–Crippen MR) is 125 cm³/mol. The second-order valence-electron chi connectivity index (χ2n) is 7.86. The molecule has 0 saturated carbocycles. The van der Waals surface area contributed by atoms with Gasteiger partial charge in [0.25, 0.3) is 11.5 Å². The van der Waals surface area contributed by atoms with Crippen molar-refractivity contribution in [3.8, 4) is 17.2 Å². The number of amides is 1. The number of nitriles is 1. The highest BCUT2D eigenvalue weighted by atomic mass is 32.2. The Morgan fingerprint density at radius 2 is 1.97 bits per heavy atom. The topological polar surface area (TPSA) is 125 Å². The second kappa shape index (κ2) is 8.61. The third-order valence-corrected chi connectivity index (χ3v) is 5.86. The molecule has 34 heavy (non-hydrogen) atoms. The van der Waals surface area contributed by atoms with Crippen molar-refractivity contribution in [3.05, 3.63) is 93.3 Å². The summed E-state index contributed by atoms with van der Waals surface area (Å²) in [5, 5.41) is 9.75. The fraction of sp³-hybridized carbons (Fsp3) is 0.125. The van der Waals surface area contributed by atoms with Crippen LogP contribution in [0.15, 0.2) is 59.5 Å². The molecule has 0 bridgehead atoms. The lowest BCUT2D eigenvalue weighted by atomic mass is 10.0. The molecule has 2 N–H and O–H groups in total. The first-order valence-electron chi connectivity index (χ1n) is 10.1. The van der Waals surface area contributed by atoms with Crippen LogP contribution < -0.4 is 10.3 Å². The first kappa shape index (κ1) is 22.9. The lowest BCUT2D eigenvalue weighted by molar-refractivity contribution is 0.0974. The van der Waals surface area contributed by atoms with Crippen molar-refractivity contribution in [1.82, 2.24) is 14.3 Å². The van der Waals surface area contributed by atoms with E-state index in [9.17, 15) is 27.7 Å². The van der Waals surface area contributed by atoms with E-state index in [0.29, 0.717) is 10.9 Å². The number of benzene rings is 2. The third-order valence-electron chi connectivity index (χ3n) is 5.30. The zero-order valence-corrected chi connectivity index (χ0v) is 19.0. The Bertz CT molecular complexity index is 1660. The fourth-order valence-electron chi connectivity index (χ4n) is 3.91. The number of aryl methyl sites for hydroxylation is 1. The van der Waals surface area contributed by atoms with Gasteiger partial charge in [-0.1, -0.05) is 11.6 Å². The molecule has 10 heteroatoms. The highest BCUT2D eigenvalue weighted by molar-refractivity contribution is 7.89. The smallest absolute Gasteiger partial charge is 0.282 e. The Morgan fingerprint density at radius 1 is 1.21 bits per heavy atom. The van der Waals surface area contributed by atoms with Gasteiger partial charge in [-0.25, -0.2) is 17.5 Å². The highest BCUT2D eigenvalue weighted by Gasteiger charge is 2.27. The SMILES string of the molecule is Cc1ccc2c(c1)c(-c1ccc[nH]c1=O)c(C(=O)NS(C)(=O)=O)n2Cc1cc(C#N)ccc1F. The first-order chi connectivity index (χ1) is 16.1. The number of hydrogen-bond donors (Lipinski definition) is 2. The molecule has 0 unspecified atom stereocenters. The third kappa shape index (κ3) is 4.33. The van der Waals surface area contributed by atoms with Crippen LogP contribution in [0.4, 0.5) is 4.39 Å². The number of fused-ring (bicyclic) bond motifs is 1. The highest BCUT2D eigenvalue weighted by Crippen LogP contribution is 2.35. The Balaban J connectivity index is 2.10. The maximum Gasteiger partial charge on any atom is 0.282 e. The number of sulfonamides is 1. The molecule has 2 aromatic carbocycles. The van der Waals surface area contributed by atoms with E-state index in [1.54, 1.807) is 24.3 Å². The molecule has 2 heterocycles. The van der Waals surface area contributed by atoms with E-state index in [-0.39, 0.29) is 34.5 Å². The number of aromatic nitrogens is 2. The van der Waals surface area contributed by atoms with Crippen LogP contribution in [0.2, 0.25) is 0 Å². The molecule has 0 atom stereocenters. The molecule has 172 valence electrons. The minimum Gasteiger partial charge on any atom is -0.331 e. The van der Waals surface area contributed by atoms with Crippen LogP contribution in [0.3, 0.4) is 0 Å². The van der Waals surface area contributed by atoms with Gasteiger partial charge in [0.2, 0.25) is 10.0 Å². The molecule has 0 aliphatic carbocycles. The van der Waals surface area contributed by atoms with Crippen LogP contribution in [0.5, 0.6) is 0 Å². The summed E-state index contributed by atoms with van der Waals surface area (Å²) in [6.07, 6.45) is 2.28. The average Bonchev–Trinajstić information content (AvgIpc) is 3.07. The maximum atomic E-state index is 14.7. The van der Waals surface area contributed by atoms with Gasteiger partial charge < -0.3 is 9.55 Å². The largest absolute Gasteiger partial charge is 0.331 e. The van der Waals surface area contributed by atoms with E-state index < -0.39 is 27.3 Å². The number of carbonyl (C=O) groups is 1. The zero-order valence-electron chi connectivity index (χ0n) is 18.2. The molecule has 4 rings (SSSR count). The number of nitrogens with one attached hydrogen (secondary N) is 2. The number of halogens is 1. The number of carbonyl (C=O) groups excluding carboxylic acids is 1. The van der Waals surface area contributed by atoms with Crippen molar-refractivity contribution in [3.63, 3.8) is 0 Å². The van der Waals surface area contributed by atoms with Crippen molar-refractivity contribution < 1.29 is 17.6 Å². The van der Waals surface area contributed by atoms with Gasteiger partial charge in [-0.2, -0.15) is 5.26 Å². The normalized spacial score (nSPS) is 11.4. The van der Waals surface area contributed by atoms with Crippen molar-refractivity contribution in [1.29, 1.82) is 5.26 Å². The van der Waals surface area contributed by atoms with E-state index in [4.69, 9.17) is 0 Å². The summed E-state index contributed by atoms with van der Waals surface area (Å²) in [6.45, 7) is 1.65. The lowest BCUT2D eigenvalue weighted by Gasteiger charge is -2.13. The van der Waals surface area contributed by atoms with Crippen molar-refractivity contribution in [2.24, 2.45) is 0 Å². The van der Waals surface area contributed by atoms with Gasteiger partial charge in [-0.3, -0.25) is 9.59 Å². The van der Waals surface area contributed by atoms with Crippen LogP contribution >= 0.6 is 0 Å². The zero-order chi connectivity index (χ0) is 24.6. The molecule has 8 nitrogen and oxygen atoms in total. The molecule has 1 amide bonds. The van der Waals surface area contributed by atoms with Gasteiger partial charge in [0.05, 0.1) is 24.4 Å².